The van der Waals surface area contributed by atoms with Crippen molar-refractivity contribution < 1.29 is 12.8 Å². The molecule has 142 valence electrons. The molecule has 3 rings (SSSR count). The fourth-order valence-electron chi connectivity index (χ4n) is 2.97. The van der Waals surface area contributed by atoms with Crippen LogP contribution in [0.3, 0.4) is 0 Å². The van der Waals surface area contributed by atoms with Gasteiger partial charge in [0.15, 0.2) is 0 Å². The molecule has 3 aromatic rings. The summed E-state index contributed by atoms with van der Waals surface area (Å²) in [6.07, 6.45) is 3.18. The van der Waals surface area contributed by atoms with E-state index in [1.54, 1.807) is 25.3 Å². The van der Waals surface area contributed by atoms with Crippen LogP contribution in [0.25, 0.3) is 0 Å². The highest BCUT2D eigenvalue weighted by Crippen LogP contribution is 2.18. The molecule has 0 radical (unpaired) electrons. The van der Waals surface area contributed by atoms with Gasteiger partial charge >= 0.3 is 0 Å². The van der Waals surface area contributed by atoms with E-state index in [0.717, 1.165) is 28.3 Å². The summed E-state index contributed by atoms with van der Waals surface area (Å²) in [5.41, 5.74) is 4.44. The van der Waals surface area contributed by atoms with Crippen LogP contribution in [0.2, 0.25) is 0 Å². The zero-order valence-electron chi connectivity index (χ0n) is 15.9. The molecule has 7 heteroatoms. The molecule has 0 bridgehead atoms. The van der Waals surface area contributed by atoms with Crippen molar-refractivity contribution in [2.75, 3.05) is 0 Å². The van der Waals surface area contributed by atoms with Crippen molar-refractivity contribution in [1.29, 1.82) is 0 Å². The van der Waals surface area contributed by atoms with Crippen molar-refractivity contribution in [2.24, 2.45) is 5.10 Å². The van der Waals surface area contributed by atoms with Gasteiger partial charge in [-0.05, 0) is 63.1 Å². The standard InChI is InChI=1S/C20H23N3O3S/c1-14-7-8-15(2)20(10-14)27(24,25)22-21-12-18-11-16(3)23(17(18)4)13-19-6-5-9-26-19/h5-12,22H,13H2,1-4H3/b21-12+. The molecule has 0 unspecified atom stereocenters. The van der Waals surface area contributed by atoms with Gasteiger partial charge in [-0.2, -0.15) is 13.5 Å². The van der Waals surface area contributed by atoms with E-state index < -0.39 is 10.0 Å². The molecule has 1 N–H and O–H groups in total. The lowest BCUT2D eigenvalue weighted by Gasteiger charge is -2.08. The smallest absolute Gasteiger partial charge is 0.276 e. The van der Waals surface area contributed by atoms with E-state index in [1.807, 2.05) is 45.0 Å². The SMILES string of the molecule is Cc1ccc(C)c(S(=O)(=O)N/N=C/c2cc(C)n(Cc3ccco3)c2C)c1. The summed E-state index contributed by atoms with van der Waals surface area (Å²) in [5.74, 6) is 0.857. The predicted molar refractivity (Wildman–Crippen MR) is 106 cm³/mol. The first-order valence-corrected chi connectivity index (χ1v) is 10.1. The Morgan fingerprint density at radius 1 is 1.15 bits per heavy atom. The molecule has 0 saturated carbocycles. The summed E-state index contributed by atoms with van der Waals surface area (Å²) in [4.78, 5) is 2.55. The second-order valence-corrected chi connectivity index (χ2v) is 8.24. The van der Waals surface area contributed by atoms with Crippen molar-refractivity contribution in [1.82, 2.24) is 9.40 Å². The number of hydrazone groups is 1. The van der Waals surface area contributed by atoms with Crippen LogP contribution in [0.1, 0.15) is 33.8 Å². The van der Waals surface area contributed by atoms with Crippen LogP contribution in [-0.4, -0.2) is 19.2 Å². The molecule has 0 aliphatic rings. The molecule has 6 nitrogen and oxygen atoms in total. The Balaban J connectivity index is 1.79. The first-order valence-electron chi connectivity index (χ1n) is 8.59. The lowest BCUT2D eigenvalue weighted by Crippen LogP contribution is -2.19. The number of benzene rings is 1. The molecule has 0 spiro atoms. The summed E-state index contributed by atoms with van der Waals surface area (Å²) in [5, 5.41) is 3.97. The zero-order chi connectivity index (χ0) is 19.6. The molecule has 0 saturated heterocycles. The maximum Gasteiger partial charge on any atom is 0.276 e. The number of hydrogen-bond donors (Lipinski definition) is 1. The molecule has 2 aromatic heterocycles. The lowest BCUT2D eigenvalue weighted by molar-refractivity contribution is 0.489. The van der Waals surface area contributed by atoms with Crippen LogP contribution in [0.15, 0.2) is 57.1 Å². The Kier molecular flexibility index (Phi) is 5.23. The molecular weight excluding hydrogens is 362 g/mol. The molecule has 0 aliphatic carbocycles. The van der Waals surface area contributed by atoms with E-state index in [1.165, 1.54) is 6.21 Å². The van der Waals surface area contributed by atoms with E-state index in [9.17, 15) is 8.42 Å². The number of nitrogens with one attached hydrogen (secondary N) is 1. The molecule has 0 aliphatic heterocycles. The van der Waals surface area contributed by atoms with Crippen LogP contribution in [0.4, 0.5) is 0 Å². The van der Waals surface area contributed by atoms with Crippen molar-refractivity contribution in [2.45, 2.75) is 39.1 Å². The van der Waals surface area contributed by atoms with Crippen molar-refractivity contribution in [3.05, 3.63) is 76.5 Å². The van der Waals surface area contributed by atoms with Gasteiger partial charge in [0.2, 0.25) is 0 Å². The number of rotatable bonds is 6. The Morgan fingerprint density at radius 2 is 1.93 bits per heavy atom. The lowest BCUT2D eigenvalue weighted by atomic mass is 10.2. The Labute approximate surface area is 159 Å². The van der Waals surface area contributed by atoms with Gasteiger partial charge in [0.25, 0.3) is 10.0 Å². The minimum atomic E-state index is -3.71. The Hall–Kier alpha value is -2.80. The fraction of sp³-hybridized carbons (Fsp3) is 0.250. The maximum absolute atomic E-state index is 12.5. The van der Waals surface area contributed by atoms with Gasteiger partial charge in [-0.25, -0.2) is 4.83 Å². The minimum Gasteiger partial charge on any atom is -0.467 e. The highest BCUT2D eigenvalue weighted by atomic mass is 32.2. The van der Waals surface area contributed by atoms with Gasteiger partial charge < -0.3 is 8.98 Å². The van der Waals surface area contributed by atoms with Gasteiger partial charge in [-0.1, -0.05) is 12.1 Å². The van der Waals surface area contributed by atoms with Gasteiger partial charge in [0, 0.05) is 17.0 Å². The highest BCUT2D eigenvalue weighted by Gasteiger charge is 2.16. The number of hydrogen-bond acceptors (Lipinski definition) is 4. The number of aryl methyl sites for hydroxylation is 3. The second-order valence-electron chi connectivity index (χ2n) is 6.61. The van der Waals surface area contributed by atoms with E-state index in [-0.39, 0.29) is 4.90 Å². The summed E-state index contributed by atoms with van der Waals surface area (Å²) >= 11 is 0. The molecule has 2 heterocycles. The Morgan fingerprint density at radius 3 is 2.63 bits per heavy atom. The Bertz CT molecular complexity index is 1080. The molecule has 0 fully saturated rings. The van der Waals surface area contributed by atoms with Gasteiger partial charge in [0.05, 0.1) is 23.9 Å². The summed E-state index contributed by atoms with van der Waals surface area (Å²) in [6.45, 7) is 8.20. The first-order chi connectivity index (χ1) is 12.8. The van der Waals surface area contributed by atoms with Gasteiger partial charge in [0.1, 0.15) is 5.76 Å². The van der Waals surface area contributed by atoms with Crippen LogP contribution in [0.5, 0.6) is 0 Å². The van der Waals surface area contributed by atoms with Gasteiger partial charge in [-0.3, -0.25) is 0 Å². The normalized spacial score (nSPS) is 12.0. The molecular formula is C20H23N3O3S. The van der Waals surface area contributed by atoms with E-state index in [2.05, 4.69) is 14.5 Å². The first kappa shape index (κ1) is 19.0. The van der Waals surface area contributed by atoms with Crippen molar-refractivity contribution in [3.63, 3.8) is 0 Å². The van der Waals surface area contributed by atoms with E-state index in [4.69, 9.17) is 4.42 Å². The summed E-state index contributed by atoms with van der Waals surface area (Å²) < 4.78 is 32.5. The van der Waals surface area contributed by atoms with Crippen molar-refractivity contribution >= 4 is 16.2 Å². The monoisotopic (exact) mass is 385 g/mol. The minimum absolute atomic E-state index is 0.239. The largest absolute Gasteiger partial charge is 0.467 e. The molecule has 1 aromatic carbocycles. The maximum atomic E-state index is 12.5. The topological polar surface area (TPSA) is 76.6 Å². The average Bonchev–Trinajstić information content (AvgIpc) is 3.21. The zero-order valence-corrected chi connectivity index (χ0v) is 16.7. The third-order valence-electron chi connectivity index (χ3n) is 4.52. The summed E-state index contributed by atoms with van der Waals surface area (Å²) in [7, 11) is -3.71. The fourth-order valence-corrected chi connectivity index (χ4v) is 4.09. The number of nitrogens with zero attached hydrogens (tertiary/aromatic N) is 2. The number of sulfonamides is 1. The second kappa shape index (κ2) is 7.44. The molecule has 27 heavy (non-hydrogen) atoms. The van der Waals surface area contributed by atoms with Crippen LogP contribution in [0, 0.1) is 27.7 Å². The third-order valence-corrected chi connectivity index (χ3v) is 5.88. The third kappa shape index (κ3) is 4.14. The highest BCUT2D eigenvalue weighted by molar-refractivity contribution is 7.89. The van der Waals surface area contributed by atoms with Gasteiger partial charge in [-0.15, -0.1) is 0 Å². The number of furan rings is 1. The van der Waals surface area contributed by atoms with Crippen LogP contribution in [-0.2, 0) is 16.6 Å². The number of aromatic nitrogens is 1. The van der Waals surface area contributed by atoms with Crippen LogP contribution < -0.4 is 4.83 Å². The van der Waals surface area contributed by atoms with E-state index in [0.29, 0.717) is 12.1 Å². The molecule has 0 amide bonds. The summed E-state index contributed by atoms with van der Waals surface area (Å²) in [6, 6.07) is 11.1. The average molecular weight is 385 g/mol. The quantitative estimate of drug-likeness (QED) is 0.519. The predicted octanol–water partition coefficient (Wildman–Crippen LogP) is 3.68. The van der Waals surface area contributed by atoms with Crippen LogP contribution >= 0.6 is 0 Å². The van der Waals surface area contributed by atoms with Crippen molar-refractivity contribution in [3.8, 4) is 0 Å². The van der Waals surface area contributed by atoms with E-state index >= 15 is 0 Å². The molecule has 0 atom stereocenters.